The minimum absolute atomic E-state index is 0.0173. The summed E-state index contributed by atoms with van der Waals surface area (Å²) in [6, 6.07) is 8.32. The third-order valence-corrected chi connectivity index (χ3v) is 3.81. The van der Waals surface area contributed by atoms with Gasteiger partial charge in [0.25, 0.3) is 0 Å². The van der Waals surface area contributed by atoms with Gasteiger partial charge in [0.05, 0.1) is 6.54 Å². The second kappa shape index (κ2) is 6.52. The normalized spacial score (nSPS) is 17.2. The van der Waals surface area contributed by atoms with Gasteiger partial charge in [-0.3, -0.25) is 14.5 Å². The highest BCUT2D eigenvalue weighted by atomic mass is 16.4. The number of carbonyl (C=O) groups is 2. The summed E-state index contributed by atoms with van der Waals surface area (Å²) in [5.74, 6) is -1.43. The first-order chi connectivity index (χ1) is 9.59. The lowest BCUT2D eigenvalue weighted by atomic mass is 10.0. The van der Waals surface area contributed by atoms with Crippen molar-refractivity contribution < 1.29 is 14.7 Å². The summed E-state index contributed by atoms with van der Waals surface area (Å²) in [5.41, 5.74) is 5.99. The first-order valence-electron chi connectivity index (χ1n) is 6.91. The zero-order valence-corrected chi connectivity index (χ0v) is 11.4. The van der Waals surface area contributed by atoms with E-state index < -0.39 is 17.9 Å². The lowest BCUT2D eigenvalue weighted by Crippen LogP contribution is -2.45. The number of amides is 1. The number of benzene rings is 1. The summed E-state index contributed by atoms with van der Waals surface area (Å²) in [7, 11) is 0. The molecule has 3 N–H and O–H groups in total. The fourth-order valence-electron chi connectivity index (χ4n) is 2.96. The van der Waals surface area contributed by atoms with Crippen LogP contribution < -0.4 is 5.73 Å². The molecule has 2 rings (SSSR count). The highest BCUT2D eigenvalue weighted by Gasteiger charge is 2.34. The van der Waals surface area contributed by atoms with Crippen LogP contribution in [0.15, 0.2) is 30.3 Å². The fraction of sp³-hybridized carbons (Fsp3) is 0.467. The molecule has 1 atom stereocenters. The van der Waals surface area contributed by atoms with E-state index in [1.165, 1.54) is 0 Å². The van der Waals surface area contributed by atoms with E-state index >= 15 is 0 Å². The number of hydrogen-bond acceptors (Lipinski definition) is 3. The first-order valence-corrected chi connectivity index (χ1v) is 6.91. The van der Waals surface area contributed by atoms with Crippen LogP contribution in [0.4, 0.5) is 0 Å². The molecule has 108 valence electrons. The Kier molecular flexibility index (Phi) is 4.74. The molecule has 5 heteroatoms. The van der Waals surface area contributed by atoms with Gasteiger partial charge in [-0.2, -0.15) is 0 Å². The number of rotatable bonds is 6. The van der Waals surface area contributed by atoms with Crippen molar-refractivity contribution in [1.82, 2.24) is 4.90 Å². The Labute approximate surface area is 118 Å². The van der Waals surface area contributed by atoms with Crippen molar-refractivity contribution in [1.29, 1.82) is 0 Å². The molecule has 1 aliphatic rings. The third-order valence-electron chi connectivity index (χ3n) is 3.81. The number of primary amides is 1. The number of carboxylic acid groups (broad SMARTS) is 1. The molecule has 0 spiro atoms. The Morgan fingerprint density at radius 3 is 2.35 bits per heavy atom. The van der Waals surface area contributed by atoms with Crippen LogP contribution in [0.25, 0.3) is 0 Å². The Bertz CT molecular complexity index is 469. The number of aliphatic carboxylic acids is 1. The lowest BCUT2D eigenvalue weighted by Gasteiger charge is -2.33. The fourth-order valence-corrected chi connectivity index (χ4v) is 2.96. The van der Waals surface area contributed by atoms with Gasteiger partial charge >= 0.3 is 5.97 Å². The van der Waals surface area contributed by atoms with Crippen LogP contribution in [0.5, 0.6) is 0 Å². The molecular formula is C15H20N2O3. The van der Waals surface area contributed by atoms with Crippen LogP contribution in [-0.2, 0) is 9.59 Å². The Morgan fingerprint density at radius 1 is 1.25 bits per heavy atom. The molecule has 1 aromatic rings. The first kappa shape index (κ1) is 14.5. The van der Waals surface area contributed by atoms with Crippen molar-refractivity contribution >= 4 is 11.9 Å². The monoisotopic (exact) mass is 276 g/mol. The molecule has 1 unspecified atom stereocenters. The van der Waals surface area contributed by atoms with E-state index in [1.807, 2.05) is 18.2 Å². The van der Waals surface area contributed by atoms with Crippen LogP contribution in [0, 0.1) is 0 Å². The van der Waals surface area contributed by atoms with Crippen LogP contribution in [0.2, 0.25) is 0 Å². The number of carboxylic acids is 1. The van der Waals surface area contributed by atoms with Gasteiger partial charge in [-0.25, -0.2) is 0 Å². The average molecular weight is 276 g/mol. The van der Waals surface area contributed by atoms with Gasteiger partial charge in [-0.05, 0) is 18.4 Å². The summed E-state index contributed by atoms with van der Waals surface area (Å²) in [5, 5.41) is 9.58. The van der Waals surface area contributed by atoms with Crippen LogP contribution >= 0.6 is 0 Å². The zero-order chi connectivity index (χ0) is 14.5. The van der Waals surface area contributed by atoms with Gasteiger partial charge in [0, 0.05) is 6.04 Å². The average Bonchev–Trinajstić information content (AvgIpc) is 2.92. The predicted octanol–water partition coefficient (Wildman–Crippen LogP) is 1.54. The molecule has 0 bridgehead atoms. The van der Waals surface area contributed by atoms with E-state index in [1.54, 1.807) is 17.0 Å². The minimum atomic E-state index is -0.940. The van der Waals surface area contributed by atoms with Gasteiger partial charge in [0.1, 0.15) is 6.04 Å². The minimum Gasteiger partial charge on any atom is -0.480 e. The molecule has 20 heavy (non-hydrogen) atoms. The maximum atomic E-state index is 11.7. The Balaban J connectivity index is 2.31. The molecule has 5 nitrogen and oxygen atoms in total. The van der Waals surface area contributed by atoms with Crippen molar-refractivity contribution in [3.8, 4) is 0 Å². The van der Waals surface area contributed by atoms with Gasteiger partial charge in [0.15, 0.2) is 0 Å². The van der Waals surface area contributed by atoms with Crippen molar-refractivity contribution in [2.24, 2.45) is 5.73 Å². The number of nitrogens with two attached hydrogens (primary N) is 1. The molecular weight excluding hydrogens is 256 g/mol. The van der Waals surface area contributed by atoms with E-state index in [2.05, 4.69) is 0 Å². The quantitative estimate of drug-likeness (QED) is 0.825. The maximum Gasteiger partial charge on any atom is 0.325 e. The molecule has 1 aromatic carbocycles. The van der Waals surface area contributed by atoms with E-state index in [-0.39, 0.29) is 12.6 Å². The number of carbonyl (C=O) groups excluding carboxylic acids is 1. The lowest BCUT2D eigenvalue weighted by molar-refractivity contribution is -0.145. The molecule has 0 radical (unpaired) electrons. The smallest absolute Gasteiger partial charge is 0.325 e. The standard InChI is InChI=1S/C15H20N2O3/c16-13(18)10-17(12-8-4-5-9-12)14(15(19)20)11-6-2-1-3-7-11/h1-3,6-7,12,14H,4-5,8-10H2,(H2,16,18)(H,19,20). The highest BCUT2D eigenvalue weighted by molar-refractivity contribution is 5.79. The van der Waals surface area contributed by atoms with Crippen LogP contribution in [0.3, 0.4) is 0 Å². The highest BCUT2D eigenvalue weighted by Crippen LogP contribution is 2.31. The van der Waals surface area contributed by atoms with Gasteiger partial charge in [-0.1, -0.05) is 43.2 Å². The molecule has 1 aliphatic carbocycles. The van der Waals surface area contributed by atoms with E-state index in [0.29, 0.717) is 5.56 Å². The number of nitrogens with zero attached hydrogens (tertiary/aromatic N) is 1. The number of hydrogen-bond donors (Lipinski definition) is 2. The molecule has 0 heterocycles. The van der Waals surface area contributed by atoms with Gasteiger partial charge in [-0.15, -0.1) is 0 Å². The molecule has 1 saturated carbocycles. The molecule has 0 saturated heterocycles. The molecule has 0 aromatic heterocycles. The van der Waals surface area contributed by atoms with E-state index in [9.17, 15) is 14.7 Å². The summed E-state index contributed by atoms with van der Waals surface area (Å²) in [4.78, 5) is 24.7. The predicted molar refractivity (Wildman–Crippen MR) is 75.0 cm³/mol. The van der Waals surface area contributed by atoms with Crippen LogP contribution in [0.1, 0.15) is 37.3 Å². The van der Waals surface area contributed by atoms with Crippen molar-refractivity contribution in [3.63, 3.8) is 0 Å². The maximum absolute atomic E-state index is 11.7. The topological polar surface area (TPSA) is 83.6 Å². The second-order valence-electron chi connectivity index (χ2n) is 5.23. The largest absolute Gasteiger partial charge is 0.480 e. The zero-order valence-electron chi connectivity index (χ0n) is 11.4. The SMILES string of the molecule is NC(=O)CN(C1CCCC1)C(C(=O)O)c1ccccc1. The van der Waals surface area contributed by atoms with Crippen molar-refractivity contribution in [2.45, 2.75) is 37.8 Å². The summed E-state index contributed by atoms with van der Waals surface area (Å²) >= 11 is 0. The summed E-state index contributed by atoms with van der Waals surface area (Å²) in [6.07, 6.45) is 3.98. The van der Waals surface area contributed by atoms with Crippen molar-refractivity contribution in [2.75, 3.05) is 6.54 Å². The van der Waals surface area contributed by atoms with Gasteiger partial charge in [0.2, 0.25) is 5.91 Å². The summed E-state index contributed by atoms with van der Waals surface area (Å²) < 4.78 is 0. The summed E-state index contributed by atoms with van der Waals surface area (Å²) in [6.45, 7) is -0.0173. The van der Waals surface area contributed by atoms with Crippen molar-refractivity contribution in [3.05, 3.63) is 35.9 Å². The van der Waals surface area contributed by atoms with E-state index in [4.69, 9.17) is 5.73 Å². The molecule has 1 fully saturated rings. The third kappa shape index (κ3) is 3.36. The molecule has 0 aliphatic heterocycles. The van der Waals surface area contributed by atoms with E-state index in [0.717, 1.165) is 25.7 Å². The van der Waals surface area contributed by atoms with Gasteiger partial charge < -0.3 is 10.8 Å². The molecule has 1 amide bonds. The Morgan fingerprint density at radius 2 is 1.85 bits per heavy atom. The Hall–Kier alpha value is -1.88. The second-order valence-corrected chi connectivity index (χ2v) is 5.23. The van der Waals surface area contributed by atoms with Crippen LogP contribution in [-0.4, -0.2) is 34.5 Å².